The van der Waals surface area contributed by atoms with Crippen molar-refractivity contribution in [1.29, 1.82) is 0 Å². The second-order valence-corrected chi connectivity index (χ2v) is 5.43. The van der Waals surface area contributed by atoms with E-state index in [1.165, 1.54) is 10.5 Å². The van der Waals surface area contributed by atoms with Crippen molar-refractivity contribution < 1.29 is 0 Å². The smallest absolute Gasteiger partial charge is 0.0355 e. The third-order valence-electron chi connectivity index (χ3n) is 2.41. The monoisotopic (exact) mass is 209 g/mol. The summed E-state index contributed by atoms with van der Waals surface area (Å²) in [6.07, 6.45) is 2.09. The van der Waals surface area contributed by atoms with Crippen LogP contribution in [-0.4, -0.2) is 6.26 Å². The fourth-order valence-corrected chi connectivity index (χ4v) is 2.04. The molecule has 0 aromatic heterocycles. The van der Waals surface area contributed by atoms with E-state index < -0.39 is 0 Å². The van der Waals surface area contributed by atoms with Gasteiger partial charge in [0.25, 0.3) is 0 Å². The molecule has 0 radical (unpaired) electrons. The molecular formula is C12H19NS. The second kappa shape index (κ2) is 4.37. The van der Waals surface area contributed by atoms with Crippen LogP contribution in [0.2, 0.25) is 0 Å². The average Bonchev–Trinajstić information content (AvgIpc) is 2.15. The largest absolute Gasteiger partial charge is 0.323 e. The quantitative estimate of drug-likeness (QED) is 0.755. The lowest BCUT2D eigenvalue weighted by molar-refractivity contribution is 0.324. The van der Waals surface area contributed by atoms with Gasteiger partial charge >= 0.3 is 0 Å². The lowest BCUT2D eigenvalue weighted by atomic mass is 9.83. The molecule has 0 amide bonds. The summed E-state index contributed by atoms with van der Waals surface area (Å²) in [7, 11) is 0. The van der Waals surface area contributed by atoms with Crippen molar-refractivity contribution in [2.75, 3.05) is 6.26 Å². The molecule has 0 unspecified atom stereocenters. The Balaban J connectivity index is 3.06. The second-order valence-electron chi connectivity index (χ2n) is 4.59. The Labute approximate surface area is 91.1 Å². The summed E-state index contributed by atoms with van der Waals surface area (Å²) in [6.45, 7) is 6.53. The molecule has 0 spiro atoms. The molecule has 1 aromatic rings. The standard InChI is InChI=1S/C12H19NS/c1-12(2,3)11(13)9-7-5-6-8-10(9)14-4/h5-8,11H,13H2,1-4H3/t11-/m0/s1. The highest BCUT2D eigenvalue weighted by Gasteiger charge is 2.23. The normalized spacial score (nSPS) is 14.1. The van der Waals surface area contributed by atoms with Crippen LogP contribution in [0.1, 0.15) is 32.4 Å². The highest BCUT2D eigenvalue weighted by molar-refractivity contribution is 7.98. The maximum absolute atomic E-state index is 6.24. The first kappa shape index (κ1) is 11.6. The van der Waals surface area contributed by atoms with E-state index in [-0.39, 0.29) is 11.5 Å². The molecule has 14 heavy (non-hydrogen) atoms. The van der Waals surface area contributed by atoms with Gasteiger partial charge < -0.3 is 5.73 Å². The predicted octanol–water partition coefficient (Wildman–Crippen LogP) is 3.45. The van der Waals surface area contributed by atoms with Crippen molar-refractivity contribution in [2.45, 2.75) is 31.7 Å². The van der Waals surface area contributed by atoms with E-state index in [4.69, 9.17) is 5.73 Å². The topological polar surface area (TPSA) is 26.0 Å². The molecule has 1 aromatic carbocycles. The van der Waals surface area contributed by atoms with Gasteiger partial charge in [-0.2, -0.15) is 0 Å². The molecule has 78 valence electrons. The van der Waals surface area contributed by atoms with Crippen molar-refractivity contribution in [3.8, 4) is 0 Å². The molecule has 2 N–H and O–H groups in total. The maximum Gasteiger partial charge on any atom is 0.0355 e. The van der Waals surface area contributed by atoms with E-state index in [0.29, 0.717) is 0 Å². The Morgan fingerprint density at radius 2 is 1.79 bits per heavy atom. The van der Waals surface area contributed by atoms with Gasteiger partial charge in [-0.25, -0.2) is 0 Å². The zero-order valence-corrected chi connectivity index (χ0v) is 10.2. The highest BCUT2D eigenvalue weighted by atomic mass is 32.2. The molecule has 2 heteroatoms. The molecule has 0 saturated carbocycles. The molecule has 0 bridgehead atoms. The van der Waals surface area contributed by atoms with Crippen LogP contribution < -0.4 is 5.73 Å². The van der Waals surface area contributed by atoms with Crippen LogP contribution in [0.25, 0.3) is 0 Å². The molecule has 0 aliphatic rings. The van der Waals surface area contributed by atoms with E-state index >= 15 is 0 Å². The molecular weight excluding hydrogens is 190 g/mol. The zero-order chi connectivity index (χ0) is 10.8. The third kappa shape index (κ3) is 2.52. The molecule has 1 rings (SSSR count). The number of hydrogen-bond donors (Lipinski definition) is 1. The van der Waals surface area contributed by atoms with Crippen LogP contribution in [0, 0.1) is 5.41 Å². The first-order valence-electron chi connectivity index (χ1n) is 4.85. The number of hydrogen-bond acceptors (Lipinski definition) is 2. The van der Waals surface area contributed by atoms with Crippen LogP contribution in [0.5, 0.6) is 0 Å². The van der Waals surface area contributed by atoms with Gasteiger partial charge in [-0.3, -0.25) is 0 Å². The van der Waals surface area contributed by atoms with E-state index in [2.05, 4.69) is 51.3 Å². The lowest BCUT2D eigenvalue weighted by Crippen LogP contribution is -2.26. The summed E-state index contributed by atoms with van der Waals surface area (Å²) >= 11 is 1.76. The Kier molecular flexibility index (Phi) is 3.62. The SMILES string of the molecule is CSc1ccccc1[C@H](N)C(C)(C)C. The molecule has 1 nitrogen and oxygen atoms in total. The van der Waals surface area contributed by atoms with Crippen LogP contribution in [0.3, 0.4) is 0 Å². The van der Waals surface area contributed by atoms with Gasteiger partial charge in [0.15, 0.2) is 0 Å². The van der Waals surface area contributed by atoms with Crippen LogP contribution in [-0.2, 0) is 0 Å². The van der Waals surface area contributed by atoms with Crippen LogP contribution >= 0.6 is 11.8 Å². The molecule has 0 fully saturated rings. The van der Waals surface area contributed by atoms with Gasteiger partial charge in [0, 0.05) is 10.9 Å². The van der Waals surface area contributed by atoms with E-state index in [9.17, 15) is 0 Å². The zero-order valence-electron chi connectivity index (χ0n) is 9.37. The minimum atomic E-state index is 0.103. The van der Waals surface area contributed by atoms with Gasteiger partial charge in [-0.15, -0.1) is 11.8 Å². The number of nitrogens with two attached hydrogens (primary N) is 1. The van der Waals surface area contributed by atoms with E-state index in [1.54, 1.807) is 11.8 Å². The summed E-state index contributed by atoms with van der Waals surface area (Å²) in [5.74, 6) is 0. The first-order valence-corrected chi connectivity index (χ1v) is 6.08. The van der Waals surface area contributed by atoms with Gasteiger partial charge in [-0.05, 0) is 23.3 Å². The number of rotatable bonds is 2. The van der Waals surface area contributed by atoms with Gasteiger partial charge in [0.1, 0.15) is 0 Å². The van der Waals surface area contributed by atoms with Crippen molar-refractivity contribution in [3.63, 3.8) is 0 Å². The van der Waals surface area contributed by atoms with Crippen LogP contribution in [0.4, 0.5) is 0 Å². The van der Waals surface area contributed by atoms with Crippen molar-refractivity contribution in [3.05, 3.63) is 29.8 Å². The van der Waals surface area contributed by atoms with E-state index in [1.807, 2.05) is 0 Å². The minimum absolute atomic E-state index is 0.103. The fraction of sp³-hybridized carbons (Fsp3) is 0.500. The summed E-state index contributed by atoms with van der Waals surface area (Å²) in [5, 5.41) is 0. The fourth-order valence-electron chi connectivity index (χ4n) is 1.39. The molecule has 0 saturated heterocycles. The van der Waals surface area contributed by atoms with Crippen molar-refractivity contribution in [2.24, 2.45) is 11.1 Å². The Morgan fingerprint density at radius 3 is 2.29 bits per heavy atom. The summed E-state index contributed by atoms with van der Waals surface area (Å²) in [4.78, 5) is 1.29. The Bertz CT molecular complexity index is 301. The predicted molar refractivity (Wildman–Crippen MR) is 64.6 cm³/mol. The maximum atomic E-state index is 6.24. The third-order valence-corrected chi connectivity index (χ3v) is 3.22. The minimum Gasteiger partial charge on any atom is -0.323 e. The van der Waals surface area contributed by atoms with Gasteiger partial charge in [-0.1, -0.05) is 39.0 Å². The van der Waals surface area contributed by atoms with E-state index in [0.717, 1.165) is 0 Å². The summed E-state index contributed by atoms with van der Waals surface area (Å²) in [6, 6.07) is 8.48. The lowest BCUT2D eigenvalue weighted by Gasteiger charge is -2.28. The molecule has 0 aliphatic heterocycles. The number of benzene rings is 1. The van der Waals surface area contributed by atoms with Crippen molar-refractivity contribution in [1.82, 2.24) is 0 Å². The Hall–Kier alpha value is -0.470. The average molecular weight is 209 g/mol. The summed E-state index contributed by atoms with van der Waals surface area (Å²) in [5.41, 5.74) is 7.61. The molecule has 1 atom stereocenters. The molecule has 0 heterocycles. The highest BCUT2D eigenvalue weighted by Crippen LogP contribution is 2.34. The first-order chi connectivity index (χ1) is 6.46. The van der Waals surface area contributed by atoms with Gasteiger partial charge in [0.05, 0.1) is 0 Å². The van der Waals surface area contributed by atoms with Crippen LogP contribution in [0.15, 0.2) is 29.2 Å². The Morgan fingerprint density at radius 1 is 1.21 bits per heavy atom. The van der Waals surface area contributed by atoms with Crippen molar-refractivity contribution >= 4 is 11.8 Å². The summed E-state index contributed by atoms with van der Waals surface area (Å²) < 4.78 is 0. The number of thioether (sulfide) groups is 1. The van der Waals surface area contributed by atoms with Gasteiger partial charge in [0.2, 0.25) is 0 Å². The molecule has 0 aliphatic carbocycles.